The van der Waals surface area contributed by atoms with Crippen molar-refractivity contribution in [2.45, 2.75) is 0 Å². The first kappa shape index (κ1) is 4.76. The fourth-order valence-corrected chi connectivity index (χ4v) is 1.04. The van der Waals surface area contributed by atoms with Crippen LogP contribution in [0.4, 0.5) is 0 Å². The van der Waals surface area contributed by atoms with Gasteiger partial charge in [0.15, 0.2) is 0 Å². The molecule has 0 saturated heterocycles. The molecule has 1 aromatic rings. The highest BCUT2D eigenvalue weighted by atomic mass is 31.1. The van der Waals surface area contributed by atoms with Crippen LogP contribution in [0.5, 0.6) is 0 Å². The molecule has 0 amide bonds. The summed E-state index contributed by atoms with van der Waals surface area (Å²) in [5.74, 6) is 3.57. The van der Waals surface area contributed by atoms with E-state index in [0.717, 1.165) is 0 Å². The summed E-state index contributed by atoms with van der Waals surface area (Å²) in [6.45, 7) is 0. The first-order valence-electron chi connectivity index (χ1n) is 2.05. The van der Waals surface area contributed by atoms with Crippen molar-refractivity contribution in [3.8, 4) is 0 Å². The maximum absolute atomic E-state index is 8.78. The lowest BCUT2D eigenvalue weighted by Gasteiger charge is -1.68. The zero-order valence-corrected chi connectivity index (χ0v) is 4.68. The van der Waals surface area contributed by atoms with Gasteiger partial charge in [-0.3, -0.25) is 0 Å². The Morgan fingerprint density at radius 3 is 1.86 bits per heavy atom. The van der Waals surface area contributed by atoms with Crippen LogP contribution < -0.4 is 0 Å². The molecule has 1 aromatic heterocycles. The summed E-state index contributed by atoms with van der Waals surface area (Å²) in [7, 11) is -0.884. The minimum Gasteiger partial charge on any atom is -0.189 e. The molecule has 0 fully saturated rings. The van der Waals surface area contributed by atoms with Crippen LogP contribution in [0.15, 0.2) is 29.8 Å². The second-order valence-corrected chi connectivity index (χ2v) is 2.61. The lowest BCUT2D eigenvalue weighted by molar-refractivity contribution is 0.649. The maximum atomic E-state index is 8.78. The Hall–Kier alpha value is -0.390. The van der Waals surface area contributed by atoms with E-state index < -0.39 is 7.76 Å². The predicted molar refractivity (Wildman–Crippen MR) is 31.2 cm³/mol. The van der Waals surface area contributed by atoms with Crippen LogP contribution in [0.1, 0.15) is 0 Å². The summed E-state index contributed by atoms with van der Waals surface area (Å²) < 4.78 is 0. The van der Waals surface area contributed by atoms with Gasteiger partial charge in [0.1, 0.15) is 11.6 Å². The molecule has 0 spiro atoms. The van der Waals surface area contributed by atoms with Crippen LogP contribution in [0, 0.1) is 0 Å². The van der Waals surface area contributed by atoms with Gasteiger partial charge in [-0.05, 0) is 12.1 Å². The minimum atomic E-state index is -0.884. The molecule has 1 rings (SSSR count). The molecule has 1 N–H and O–H groups in total. The van der Waals surface area contributed by atoms with Gasteiger partial charge in [0, 0.05) is 0 Å². The Bertz CT molecular complexity index is 138. The van der Waals surface area contributed by atoms with E-state index in [-0.39, 0.29) is 0 Å². The Morgan fingerprint density at radius 1 is 1.00 bits per heavy atom. The molecular formula is C5H6OP+. The minimum absolute atomic E-state index is 0.884. The van der Waals surface area contributed by atoms with E-state index in [0.29, 0.717) is 0 Å². The summed E-state index contributed by atoms with van der Waals surface area (Å²) in [6.07, 6.45) is 0. The zero-order valence-electron chi connectivity index (χ0n) is 3.78. The SMILES string of the molecule is O[p+]1ccccc1. The van der Waals surface area contributed by atoms with Gasteiger partial charge in [0.2, 0.25) is 0 Å². The molecule has 0 saturated carbocycles. The predicted octanol–water partition coefficient (Wildman–Crippen LogP) is 1.71. The number of rotatable bonds is 0. The van der Waals surface area contributed by atoms with Crippen LogP contribution in [0.3, 0.4) is 0 Å². The van der Waals surface area contributed by atoms with E-state index in [1.165, 1.54) is 0 Å². The number of hydrogen-bond acceptors (Lipinski definition) is 1. The molecule has 0 aliphatic rings. The quantitative estimate of drug-likeness (QED) is 0.543. The van der Waals surface area contributed by atoms with E-state index in [1.807, 2.05) is 18.2 Å². The van der Waals surface area contributed by atoms with Gasteiger partial charge in [0.05, 0.1) is 0 Å². The number of hydrogen-bond donors (Lipinski definition) is 1. The third-order valence-electron chi connectivity index (χ3n) is 0.700. The maximum Gasteiger partial charge on any atom is 0.282 e. The molecule has 0 aliphatic heterocycles. The molecule has 0 aromatic carbocycles. The summed E-state index contributed by atoms with van der Waals surface area (Å²) in [5.41, 5.74) is 0. The highest BCUT2D eigenvalue weighted by Crippen LogP contribution is 2.16. The average Bonchev–Trinajstić information content (AvgIpc) is 1.69. The Balaban J connectivity index is 3.02. The van der Waals surface area contributed by atoms with E-state index in [2.05, 4.69) is 0 Å². The zero-order chi connectivity index (χ0) is 5.11. The van der Waals surface area contributed by atoms with E-state index in [1.54, 1.807) is 11.6 Å². The Morgan fingerprint density at radius 2 is 1.57 bits per heavy atom. The molecule has 0 bridgehead atoms. The molecule has 1 heterocycles. The van der Waals surface area contributed by atoms with Crippen molar-refractivity contribution < 1.29 is 4.89 Å². The van der Waals surface area contributed by atoms with Crippen LogP contribution in [-0.2, 0) is 0 Å². The van der Waals surface area contributed by atoms with Crippen molar-refractivity contribution >= 4 is 7.76 Å². The molecule has 7 heavy (non-hydrogen) atoms. The largest absolute Gasteiger partial charge is 0.282 e. The third-order valence-corrected chi connectivity index (χ3v) is 1.66. The average molecular weight is 113 g/mol. The Labute approximate surface area is 43.4 Å². The third kappa shape index (κ3) is 1.26. The highest BCUT2D eigenvalue weighted by molar-refractivity contribution is 7.42. The van der Waals surface area contributed by atoms with E-state index in [4.69, 9.17) is 4.89 Å². The summed E-state index contributed by atoms with van der Waals surface area (Å²) in [5, 5.41) is 0. The van der Waals surface area contributed by atoms with Crippen LogP contribution >= 0.6 is 7.76 Å². The van der Waals surface area contributed by atoms with Crippen molar-refractivity contribution in [2.75, 3.05) is 0 Å². The van der Waals surface area contributed by atoms with Crippen LogP contribution in [0.2, 0.25) is 0 Å². The van der Waals surface area contributed by atoms with Gasteiger partial charge in [-0.15, -0.1) is 0 Å². The second-order valence-electron chi connectivity index (χ2n) is 1.26. The van der Waals surface area contributed by atoms with Crippen molar-refractivity contribution in [2.24, 2.45) is 0 Å². The fraction of sp³-hybridized carbons (Fsp3) is 0. The molecule has 0 atom stereocenters. The fourth-order valence-electron chi connectivity index (χ4n) is 0.390. The van der Waals surface area contributed by atoms with Gasteiger partial charge in [-0.2, -0.15) is 4.89 Å². The topological polar surface area (TPSA) is 20.2 Å². The molecule has 2 heteroatoms. The van der Waals surface area contributed by atoms with Crippen molar-refractivity contribution in [1.82, 2.24) is 0 Å². The lowest BCUT2D eigenvalue weighted by Crippen LogP contribution is -1.50. The van der Waals surface area contributed by atoms with Gasteiger partial charge < -0.3 is 0 Å². The smallest absolute Gasteiger partial charge is 0.189 e. The summed E-state index contributed by atoms with van der Waals surface area (Å²) in [4.78, 5) is 8.78. The van der Waals surface area contributed by atoms with Gasteiger partial charge in [0.25, 0.3) is 7.76 Å². The van der Waals surface area contributed by atoms with E-state index >= 15 is 0 Å². The second kappa shape index (κ2) is 2.06. The van der Waals surface area contributed by atoms with E-state index in [9.17, 15) is 0 Å². The van der Waals surface area contributed by atoms with Gasteiger partial charge >= 0.3 is 0 Å². The molecule has 0 radical (unpaired) electrons. The standard InChI is InChI=1S/C5H6OP/c6-7-4-2-1-3-5-7/h1-6H/q+1. The summed E-state index contributed by atoms with van der Waals surface area (Å²) >= 11 is 0. The van der Waals surface area contributed by atoms with Crippen molar-refractivity contribution in [3.63, 3.8) is 0 Å². The lowest BCUT2D eigenvalue weighted by atomic mass is 10.6. The molecule has 1 nitrogen and oxygen atoms in total. The molecule has 36 valence electrons. The first-order chi connectivity index (χ1) is 3.39. The first-order valence-corrected chi connectivity index (χ1v) is 3.48. The van der Waals surface area contributed by atoms with Crippen LogP contribution in [0.25, 0.3) is 0 Å². The highest BCUT2D eigenvalue weighted by Gasteiger charge is 1.89. The van der Waals surface area contributed by atoms with Crippen molar-refractivity contribution in [1.29, 1.82) is 0 Å². The molecular weight excluding hydrogens is 107 g/mol. The van der Waals surface area contributed by atoms with Gasteiger partial charge in [-0.1, -0.05) is 6.07 Å². The van der Waals surface area contributed by atoms with Crippen molar-refractivity contribution in [3.05, 3.63) is 29.8 Å². The molecule has 0 unspecified atom stereocenters. The molecule has 0 aliphatic carbocycles. The van der Waals surface area contributed by atoms with Gasteiger partial charge in [-0.25, -0.2) is 0 Å². The summed E-state index contributed by atoms with van der Waals surface area (Å²) in [6, 6.07) is 5.60. The normalized spacial score (nSPS) is 8.71. The Kier molecular flexibility index (Phi) is 1.40. The van der Waals surface area contributed by atoms with Crippen LogP contribution in [-0.4, -0.2) is 4.89 Å². The monoisotopic (exact) mass is 113 g/mol.